The highest BCUT2D eigenvalue weighted by Gasteiger charge is 2.25. The smallest absolute Gasteiger partial charge is 0.227 e. The quantitative estimate of drug-likeness (QED) is 0.757. The molecule has 0 heterocycles. The highest BCUT2D eigenvalue weighted by Crippen LogP contribution is 2.27. The average Bonchev–Trinajstić information content (AvgIpc) is 2.43. The molecule has 1 aromatic rings. The predicted molar refractivity (Wildman–Crippen MR) is 89.5 cm³/mol. The second-order valence-electron chi connectivity index (χ2n) is 5.97. The SMILES string of the molecule is COC(C)CS(=O)(=O)NCc1cccc(NC(=O)C2CCC2)c1. The van der Waals surface area contributed by atoms with Crippen LogP contribution in [-0.2, 0) is 26.1 Å². The van der Waals surface area contributed by atoms with Crippen molar-refractivity contribution in [1.82, 2.24) is 4.72 Å². The largest absolute Gasteiger partial charge is 0.381 e. The van der Waals surface area contributed by atoms with Crippen LogP contribution < -0.4 is 10.0 Å². The second-order valence-corrected chi connectivity index (χ2v) is 7.82. The number of hydrogen-bond acceptors (Lipinski definition) is 4. The van der Waals surface area contributed by atoms with Gasteiger partial charge in [-0.25, -0.2) is 13.1 Å². The summed E-state index contributed by atoms with van der Waals surface area (Å²) < 4.78 is 31.3. The molecule has 23 heavy (non-hydrogen) atoms. The lowest BCUT2D eigenvalue weighted by atomic mass is 9.85. The third kappa shape index (κ3) is 5.60. The van der Waals surface area contributed by atoms with Crippen molar-refractivity contribution in [2.75, 3.05) is 18.2 Å². The molecule has 1 fully saturated rings. The van der Waals surface area contributed by atoms with E-state index in [0.29, 0.717) is 5.69 Å². The first-order valence-electron chi connectivity index (χ1n) is 7.79. The van der Waals surface area contributed by atoms with E-state index in [0.717, 1.165) is 24.8 Å². The van der Waals surface area contributed by atoms with Crippen molar-refractivity contribution in [3.63, 3.8) is 0 Å². The molecule has 7 heteroatoms. The Morgan fingerprint density at radius 1 is 1.39 bits per heavy atom. The Bertz CT molecular complexity index is 641. The van der Waals surface area contributed by atoms with E-state index < -0.39 is 10.0 Å². The maximum absolute atomic E-state index is 11.9. The third-order valence-corrected chi connectivity index (χ3v) is 5.52. The third-order valence-electron chi connectivity index (χ3n) is 4.02. The highest BCUT2D eigenvalue weighted by atomic mass is 32.2. The van der Waals surface area contributed by atoms with E-state index in [1.807, 2.05) is 12.1 Å². The number of carbonyl (C=O) groups excluding carboxylic acids is 1. The summed E-state index contributed by atoms with van der Waals surface area (Å²) in [5, 5.41) is 2.89. The van der Waals surface area contributed by atoms with E-state index in [2.05, 4.69) is 10.0 Å². The van der Waals surface area contributed by atoms with Crippen LogP contribution in [-0.4, -0.2) is 33.3 Å². The molecule has 1 saturated carbocycles. The van der Waals surface area contributed by atoms with Gasteiger partial charge in [-0.05, 0) is 37.5 Å². The van der Waals surface area contributed by atoms with Crippen molar-refractivity contribution < 1.29 is 17.9 Å². The van der Waals surface area contributed by atoms with E-state index in [-0.39, 0.29) is 30.2 Å². The van der Waals surface area contributed by atoms with Gasteiger partial charge in [-0.2, -0.15) is 0 Å². The van der Waals surface area contributed by atoms with Crippen LogP contribution in [0.25, 0.3) is 0 Å². The Labute approximate surface area is 137 Å². The Balaban J connectivity index is 1.90. The van der Waals surface area contributed by atoms with Crippen molar-refractivity contribution in [1.29, 1.82) is 0 Å². The Morgan fingerprint density at radius 3 is 2.74 bits per heavy atom. The first kappa shape index (κ1) is 17.9. The first-order chi connectivity index (χ1) is 10.9. The van der Waals surface area contributed by atoms with Crippen LogP contribution in [0.3, 0.4) is 0 Å². The van der Waals surface area contributed by atoms with Crippen LogP contribution in [0.1, 0.15) is 31.7 Å². The summed E-state index contributed by atoms with van der Waals surface area (Å²) in [5.41, 5.74) is 1.49. The monoisotopic (exact) mass is 340 g/mol. The molecule has 1 atom stereocenters. The molecule has 2 rings (SSSR count). The van der Waals surface area contributed by atoms with Crippen LogP contribution in [0, 0.1) is 5.92 Å². The number of hydrogen-bond donors (Lipinski definition) is 2. The van der Waals surface area contributed by atoms with Gasteiger partial charge in [0.15, 0.2) is 0 Å². The van der Waals surface area contributed by atoms with Crippen LogP contribution in [0.2, 0.25) is 0 Å². The Morgan fingerprint density at radius 2 is 2.13 bits per heavy atom. The van der Waals surface area contributed by atoms with Gasteiger partial charge in [-0.1, -0.05) is 18.6 Å². The molecular weight excluding hydrogens is 316 g/mol. The van der Waals surface area contributed by atoms with Gasteiger partial charge < -0.3 is 10.1 Å². The number of benzene rings is 1. The van der Waals surface area contributed by atoms with E-state index in [4.69, 9.17) is 4.74 Å². The number of anilines is 1. The summed E-state index contributed by atoms with van der Waals surface area (Å²) in [4.78, 5) is 11.9. The topological polar surface area (TPSA) is 84.5 Å². The van der Waals surface area contributed by atoms with Crippen LogP contribution in [0.5, 0.6) is 0 Å². The molecule has 1 aromatic carbocycles. The normalized spacial score (nSPS) is 16.6. The maximum atomic E-state index is 11.9. The molecular formula is C16H24N2O4S. The molecule has 0 aromatic heterocycles. The predicted octanol–water partition coefficient (Wildman–Crippen LogP) is 1.88. The summed E-state index contributed by atoms with van der Waals surface area (Å²) in [6.45, 7) is 1.89. The number of nitrogens with one attached hydrogen (secondary N) is 2. The number of amides is 1. The minimum Gasteiger partial charge on any atom is -0.381 e. The van der Waals surface area contributed by atoms with Gasteiger partial charge in [-0.3, -0.25) is 4.79 Å². The fraction of sp³-hybridized carbons (Fsp3) is 0.562. The number of methoxy groups -OCH3 is 1. The lowest BCUT2D eigenvalue weighted by Gasteiger charge is -2.24. The van der Waals surface area contributed by atoms with E-state index in [1.165, 1.54) is 7.11 Å². The lowest BCUT2D eigenvalue weighted by molar-refractivity contribution is -0.122. The van der Waals surface area contributed by atoms with Crippen molar-refractivity contribution in [3.05, 3.63) is 29.8 Å². The summed E-state index contributed by atoms with van der Waals surface area (Å²) >= 11 is 0. The van der Waals surface area contributed by atoms with Crippen molar-refractivity contribution in [2.45, 2.75) is 38.8 Å². The van der Waals surface area contributed by atoms with E-state index in [1.54, 1.807) is 19.1 Å². The minimum absolute atomic E-state index is 0.0444. The molecule has 0 aliphatic heterocycles. The molecule has 0 spiro atoms. The molecule has 0 saturated heterocycles. The number of rotatable bonds is 8. The fourth-order valence-corrected chi connectivity index (χ4v) is 3.56. The highest BCUT2D eigenvalue weighted by molar-refractivity contribution is 7.89. The fourth-order valence-electron chi connectivity index (χ4n) is 2.30. The van der Waals surface area contributed by atoms with Crippen LogP contribution in [0.4, 0.5) is 5.69 Å². The summed E-state index contributed by atoms with van der Waals surface area (Å²) in [6.07, 6.45) is 2.65. The molecule has 0 bridgehead atoms. The van der Waals surface area contributed by atoms with Gasteiger partial charge in [0.25, 0.3) is 0 Å². The van der Waals surface area contributed by atoms with Crippen molar-refractivity contribution >= 4 is 21.6 Å². The number of sulfonamides is 1. The Kier molecular flexibility index (Phi) is 6.15. The molecule has 128 valence electrons. The van der Waals surface area contributed by atoms with Gasteiger partial charge >= 0.3 is 0 Å². The average molecular weight is 340 g/mol. The van der Waals surface area contributed by atoms with Gasteiger partial charge in [-0.15, -0.1) is 0 Å². The minimum atomic E-state index is -3.40. The zero-order chi connectivity index (χ0) is 16.9. The zero-order valence-electron chi connectivity index (χ0n) is 13.5. The molecule has 1 aliphatic carbocycles. The molecule has 6 nitrogen and oxygen atoms in total. The molecule has 1 aliphatic rings. The van der Waals surface area contributed by atoms with Crippen LogP contribution in [0.15, 0.2) is 24.3 Å². The summed E-state index contributed by atoms with van der Waals surface area (Å²) in [7, 11) is -1.92. The zero-order valence-corrected chi connectivity index (χ0v) is 14.4. The van der Waals surface area contributed by atoms with Gasteiger partial charge in [0.05, 0.1) is 11.9 Å². The standard InChI is InChI=1S/C16H24N2O4S/c1-12(22-2)11-23(20,21)17-10-13-5-3-8-15(9-13)18-16(19)14-6-4-7-14/h3,5,8-9,12,14,17H,4,6-7,10-11H2,1-2H3,(H,18,19). The summed E-state index contributed by atoms with van der Waals surface area (Å²) in [5.74, 6) is 0.0808. The molecule has 1 amide bonds. The number of ether oxygens (including phenoxy) is 1. The van der Waals surface area contributed by atoms with Gasteiger partial charge in [0.2, 0.25) is 15.9 Å². The Hall–Kier alpha value is -1.44. The van der Waals surface area contributed by atoms with Crippen LogP contribution >= 0.6 is 0 Å². The first-order valence-corrected chi connectivity index (χ1v) is 9.45. The van der Waals surface area contributed by atoms with E-state index in [9.17, 15) is 13.2 Å². The molecule has 0 radical (unpaired) electrons. The summed E-state index contributed by atoms with van der Waals surface area (Å²) in [6, 6.07) is 7.22. The molecule has 2 N–H and O–H groups in total. The second kappa shape index (κ2) is 7.90. The van der Waals surface area contributed by atoms with E-state index >= 15 is 0 Å². The van der Waals surface area contributed by atoms with Crippen molar-refractivity contribution in [2.24, 2.45) is 5.92 Å². The van der Waals surface area contributed by atoms with Crippen molar-refractivity contribution in [3.8, 4) is 0 Å². The number of carbonyl (C=O) groups is 1. The van der Waals surface area contributed by atoms with Gasteiger partial charge in [0.1, 0.15) is 0 Å². The maximum Gasteiger partial charge on any atom is 0.227 e. The lowest BCUT2D eigenvalue weighted by Crippen LogP contribution is -2.31. The van der Waals surface area contributed by atoms with Gasteiger partial charge in [0, 0.05) is 25.3 Å². The molecule has 1 unspecified atom stereocenters.